The van der Waals surface area contributed by atoms with Crippen molar-refractivity contribution in [2.45, 2.75) is 13.3 Å². The third kappa shape index (κ3) is 3.77. The SMILES string of the molecule is Cc1ccc(F)c(C(=O)NCCCI)c1. The Bertz CT molecular complexity index is 354. The Kier molecular flexibility index (Phi) is 5.01. The normalized spacial score (nSPS) is 10.1. The van der Waals surface area contributed by atoms with Gasteiger partial charge < -0.3 is 5.32 Å². The van der Waals surface area contributed by atoms with E-state index in [9.17, 15) is 9.18 Å². The molecule has 1 aromatic carbocycles. The van der Waals surface area contributed by atoms with E-state index in [2.05, 4.69) is 27.9 Å². The van der Waals surface area contributed by atoms with Crippen molar-refractivity contribution in [1.29, 1.82) is 0 Å². The van der Waals surface area contributed by atoms with Gasteiger partial charge in [0.05, 0.1) is 5.56 Å². The van der Waals surface area contributed by atoms with Crippen LogP contribution in [0.15, 0.2) is 18.2 Å². The number of rotatable bonds is 4. The third-order valence-corrected chi connectivity index (χ3v) is 2.73. The Morgan fingerprint density at radius 2 is 2.27 bits per heavy atom. The van der Waals surface area contributed by atoms with Crippen LogP contribution in [0.3, 0.4) is 0 Å². The molecular weight excluding hydrogens is 308 g/mol. The highest BCUT2D eigenvalue weighted by molar-refractivity contribution is 14.1. The van der Waals surface area contributed by atoms with E-state index in [0.29, 0.717) is 6.54 Å². The smallest absolute Gasteiger partial charge is 0.254 e. The van der Waals surface area contributed by atoms with Crippen molar-refractivity contribution in [2.24, 2.45) is 0 Å². The summed E-state index contributed by atoms with van der Waals surface area (Å²) in [5.74, 6) is -0.798. The van der Waals surface area contributed by atoms with Gasteiger partial charge in [0, 0.05) is 11.0 Å². The van der Waals surface area contributed by atoms with Gasteiger partial charge >= 0.3 is 0 Å². The fourth-order valence-electron chi connectivity index (χ4n) is 1.18. The fraction of sp³-hybridized carbons (Fsp3) is 0.364. The van der Waals surface area contributed by atoms with E-state index < -0.39 is 5.82 Å². The van der Waals surface area contributed by atoms with Crippen molar-refractivity contribution in [3.05, 3.63) is 35.1 Å². The zero-order chi connectivity index (χ0) is 11.3. The second-order valence-corrected chi connectivity index (χ2v) is 4.36. The van der Waals surface area contributed by atoms with E-state index in [1.807, 2.05) is 6.92 Å². The van der Waals surface area contributed by atoms with Crippen LogP contribution in [-0.4, -0.2) is 16.9 Å². The van der Waals surface area contributed by atoms with Gasteiger partial charge in [-0.1, -0.05) is 34.2 Å². The number of halogens is 2. The molecule has 1 amide bonds. The molecule has 1 rings (SSSR count). The highest BCUT2D eigenvalue weighted by Gasteiger charge is 2.10. The molecule has 0 aliphatic heterocycles. The summed E-state index contributed by atoms with van der Waals surface area (Å²) in [6.07, 6.45) is 0.903. The molecule has 4 heteroatoms. The molecule has 0 atom stereocenters. The zero-order valence-corrected chi connectivity index (χ0v) is 10.7. The number of hydrogen-bond donors (Lipinski definition) is 1. The molecule has 0 bridgehead atoms. The van der Waals surface area contributed by atoms with Crippen molar-refractivity contribution in [3.63, 3.8) is 0 Å². The van der Waals surface area contributed by atoms with Crippen molar-refractivity contribution < 1.29 is 9.18 Å². The van der Waals surface area contributed by atoms with Crippen molar-refractivity contribution in [1.82, 2.24) is 5.32 Å². The first-order chi connectivity index (χ1) is 7.15. The predicted molar refractivity (Wildman–Crippen MR) is 67.0 cm³/mol. The molecule has 0 aliphatic rings. The summed E-state index contributed by atoms with van der Waals surface area (Å²) in [6, 6.07) is 4.54. The first-order valence-electron chi connectivity index (χ1n) is 4.75. The minimum atomic E-state index is -0.465. The largest absolute Gasteiger partial charge is 0.352 e. The number of nitrogens with one attached hydrogen (secondary N) is 1. The lowest BCUT2D eigenvalue weighted by Crippen LogP contribution is -2.25. The van der Waals surface area contributed by atoms with Crippen LogP contribution in [0.2, 0.25) is 0 Å². The summed E-state index contributed by atoms with van der Waals surface area (Å²) in [6.45, 7) is 2.43. The van der Waals surface area contributed by atoms with Crippen LogP contribution in [-0.2, 0) is 0 Å². The molecule has 0 unspecified atom stereocenters. The summed E-state index contributed by atoms with van der Waals surface area (Å²) >= 11 is 2.24. The minimum Gasteiger partial charge on any atom is -0.352 e. The molecule has 0 spiro atoms. The Labute approximate surface area is 102 Å². The Morgan fingerprint density at radius 3 is 2.93 bits per heavy atom. The van der Waals surface area contributed by atoms with E-state index in [4.69, 9.17) is 0 Å². The molecule has 15 heavy (non-hydrogen) atoms. The minimum absolute atomic E-state index is 0.128. The first-order valence-corrected chi connectivity index (χ1v) is 6.28. The number of carbonyl (C=O) groups is 1. The average Bonchev–Trinajstić information content (AvgIpc) is 2.22. The molecule has 82 valence electrons. The molecule has 0 aliphatic carbocycles. The molecule has 0 saturated carbocycles. The van der Waals surface area contributed by atoms with Gasteiger partial charge in [-0.3, -0.25) is 4.79 Å². The number of benzene rings is 1. The van der Waals surface area contributed by atoms with Crippen molar-refractivity contribution >= 4 is 28.5 Å². The lowest BCUT2D eigenvalue weighted by Gasteiger charge is -2.05. The summed E-state index contributed by atoms with van der Waals surface area (Å²) in [5, 5.41) is 2.68. The molecule has 0 radical (unpaired) electrons. The standard InChI is InChI=1S/C11H13FINO/c1-8-3-4-10(12)9(7-8)11(15)14-6-2-5-13/h3-4,7H,2,5-6H2,1H3,(H,14,15). The Morgan fingerprint density at radius 1 is 1.53 bits per heavy atom. The topological polar surface area (TPSA) is 29.1 Å². The Hall–Kier alpha value is -0.650. The number of aryl methyl sites for hydroxylation is 1. The Balaban J connectivity index is 2.68. The molecule has 2 nitrogen and oxygen atoms in total. The highest BCUT2D eigenvalue weighted by atomic mass is 127. The lowest BCUT2D eigenvalue weighted by molar-refractivity contribution is 0.0950. The van der Waals surface area contributed by atoms with Crippen LogP contribution in [0.1, 0.15) is 22.3 Å². The van der Waals surface area contributed by atoms with Crippen LogP contribution in [0.4, 0.5) is 4.39 Å². The van der Waals surface area contributed by atoms with E-state index in [1.54, 1.807) is 12.1 Å². The van der Waals surface area contributed by atoms with Crippen molar-refractivity contribution in [2.75, 3.05) is 11.0 Å². The van der Waals surface area contributed by atoms with Gasteiger partial charge in [-0.15, -0.1) is 0 Å². The van der Waals surface area contributed by atoms with Gasteiger partial charge in [-0.2, -0.15) is 0 Å². The number of amides is 1. The number of alkyl halides is 1. The predicted octanol–water partition coefficient (Wildman–Crippen LogP) is 2.69. The molecular formula is C11H13FINO. The lowest BCUT2D eigenvalue weighted by atomic mass is 10.1. The second-order valence-electron chi connectivity index (χ2n) is 3.28. The zero-order valence-electron chi connectivity index (χ0n) is 8.52. The number of carbonyl (C=O) groups excluding carboxylic acids is 1. The first kappa shape index (κ1) is 12.4. The monoisotopic (exact) mass is 321 g/mol. The summed E-state index contributed by atoms with van der Waals surface area (Å²) in [7, 11) is 0. The van der Waals surface area contributed by atoms with E-state index in [1.165, 1.54) is 6.07 Å². The van der Waals surface area contributed by atoms with E-state index in [-0.39, 0.29) is 11.5 Å². The van der Waals surface area contributed by atoms with Crippen LogP contribution in [0, 0.1) is 12.7 Å². The van der Waals surface area contributed by atoms with Gasteiger partial charge in [0.1, 0.15) is 5.82 Å². The molecule has 0 heterocycles. The molecule has 1 aromatic rings. The van der Waals surface area contributed by atoms with E-state index in [0.717, 1.165) is 16.4 Å². The summed E-state index contributed by atoms with van der Waals surface area (Å²) in [4.78, 5) is 11.5. The van der Waals surface area contributed by atoms with E-state index >= 15 is 0 Å². The fourth-order valence-corrected chi connectivity index (χ4v) is 1.56. The van der Waals surface area contributed by atoms with Gasteiger partial charge in [0.2, 0.25) is 0 Å². The average molecular weight is 321 g/mol. The molecule has 0 aromatic heterocycles. The van der Waals surface area contributed by atoms with Gasteiger partial charge in [-0.05, 0) is 25.5 Å². The van der Waals surface area contributed by atoms with Crippen LogP contribution < -0.4 is 5.32 Å². The summed E-state index contributed by atoms with van der Waals surface area (Å²) in [5.41, 5.74) is 1.01. The maximum absolute atomic E-state index is 13.3. The maximum atomic E-state index is 13.3. The maximum Gasteiger partial charge on any atom is 0.254 e. The van der Waals surface area contributed by atoms with Gasteiger partial charge in [-0.25, -0.2) is 4.39 Å². The van der Waals surface area contributed by atoms with Crippen molar-refractivity contribution in [3.8, 4) is 0 Å². The number of hydrogen-bond acceptors (Lipinski definition) is 1. The second kappa shape index (κ2) is 6.05. The van der Waals surface area contributed by atoms with Gasteiger partial charge in [0.15, 0.2) is 0 Å². The quantitative estimate of drug-likeness (QED) is 0.516. The molecule has 1 N–H and O–H groups in total. The third-order valence-electron chi connectivity index (χ3n) is 1.96. The molecule has 0 fully saturated rings. The van der Waals surface area contributed by atoms with Crippen LogP contribution in [0.25, 0.3) is 0 Å². The highest BCUT2D eigenvalue weighted by Crippen LogP contribution is 2.09. The van der Waals surface area contributed by atoms with Gasteiger partial charge in [0.25, 0.3) is 5.91 Å². The molecule has 0 saturated heterocycles. The van der Waals surface area contributed by atoms with Crippen LogP contribution >= 0.6 is 22.6 Å². The van der Waals surface area contributed by atoms with Crippen LogP contribution in [0.5, 0.6) is 0 Å². The summed E-state index contributed by atoms with van der Waals surface area (Å²) < 4.78 is 14.2.